The zero-order valence-corrected chi connectivity index (χ0v) is 11.0. The maximum Gasteiger partial charge on any atom is 0.255 e. The second-order valence-corrected chi connectivity index (χ2v) is 4.64. The van der Waals surface area contributed by atoms with Gasteiger partial charge in [-0.05, 0) is 30.3 Å². The van der Waals surface area contributed by atoms with Gasteiger partial charge in [-0.25, -0.2) is 0 Å². The Morgan fingerprint density at radius 3 is 2.59 bits per heavy atom. The van der Waals surface area contributed by atoms with Crippen LogP contribution in [0.1, 0.15) is 10.4 Å². The fourth-order valence-electron chi connectivity index (χ4n) is 1.27. The van der Waals surface area contributed by atoms with Crippen molar-refractivity contribution in [2.75, 3.05) is 5.32 Å². The lowest BCUT2D eigenvalue weighted by Crippen LogP contribution is -2.12. The second-order valence-electron chi connectivity index (χ2n) is 3.32. The van der Waals surface area contributed by atoms with Crippen LogP contribution in [0.5, 0.6) is 0 Å². The molecule has 0 saturated heterocycles. The molecule has 0 radical (unpaired) electrons. The molecule has 0 fully saturated rings. The van der Waals surface area contributed by atoms with Crippen LogP contribution < -0.4 is 5.32 Å². The largest absolute Gasteiger partial charge is 0.319 e. The molecule has 1 N–H and O–H groups in total. The first-order valence-electron chi connectivity index (χ1n) is 4.83. The number of aromatic nitrogens is 1. The Morgan fingerprint density at radius 1 is 1.24 bits per heavy atom. The van der Waals surface area contributed by atoms with Crippen LogP contribution in [-0.2, 0) is 0 Å². The molecule has 86 valence electrons. The first-order valence-corrected chi connectivity index (χ1v) is 6.00. The third-order valence-corrected chi connectivity index (χ3v) is 2.98. The minimum atomic E-state index is -0.215. The van der Waals surface area contributed by atoms with Gasteiger partial charge in [0.05, 0.1) is 16.9 Å². The predicted molar refractivity (Wildman–Crippen MR) is 71.3 cm³/mol. The summed E-state index contributed by atoms with van der Waals surface area (Å²) in [5, 5.41) is 3.16. The zero-order valence-electron chi connectivity index (χ0n) is 8.65. The first-order chi connectivity index (χ1) is 8.16. The number of carbonyl (C=O) groups is 1. The quantitative estimate of drug-likeness (QED) is 0.918. The lowest BCUT2D eigenvalue weighted by Gasteiger charge is -2.06. The minimum absolute atomic E-state index is 0.215. The van der Waals surface area contributed by atoms with E-state index in [0.29, 0.717) is 16.3 Å². The van der Waals surface area contributed by atoms with Crippen LogP contribution in [0.3, 0.4) is 0 Å². The number of benzene rings is 1. The van der Waals surface area contributed by atoms with Gasteiger partial charge in [0, 0.05) is 16.2 Å². The summed E-state index contributed by atoms with van der Waals surface area (Å²) in [5.74, 6) is -0.215. The lowest BCUT2D eigenvalue weighted by molar-refractivity contribution is 0.102. The highest BCUT2D eigenvalue weighted by atomic mass is 79.9. The molecule has 0 saturated carbocycles. The van der Waals surface area contributed by atoms with E-state index in [-0.39, 0.29) is 5.91 Å². The van der Waals surface area contributed by atoms with E-state index in [9.17, 15) is 4.79 Å². The van der Waals surface area contributed by atoms with E-state index in [1.54, 1.807) is 36.5 Å². The molecule has 0 unspecified atom stereocenters. The molecule has 3 nitrogen and oxygen atoms in total. The van der Waals surface area contributed by atoms with Crippen molar-refractivity contribution in [2.45, 2.75) is 0 Å². The fourth-order valence-corrected chi connectivity index (χ4v) is 1.68. The molecular weight excluding hydrogens is 304 g/mol. The molecule has 0 atom stereocenters. The van der Waals surface area contributed by atoms with Crippen molar-refractivity contribution in [3.05, 3.63) is 57.8 Å². The molecule has 0 aliphatic rings. The zero-order chi connectivity index (χ0) is 12.3. The summed E-state index contributed by atoms with van der Waals surface area (Å²) in [5.41, 5.74) is 1.07. The van der Waals surface area contributed by atoms with Crippen molar-refractivity contribution >= 4 is 39.1 Å². The van der Waals surface area contributed by atoms with Crippen molar-refractivity contribution in [2.24, 2.45) is 0 Å². The highest BCUT2D eigenvalue weighted by Crippen LogP contribution is 2.20. The molecule has 0 aliphatic carbocycles. The minimum Gasteiger partial charge on any atom is -0.319 e. The molecule has 1 amide bonds. The van der Waals surface area contributed by atoms with Gasteiger partial charge in [0.25, 0.3) is 5.91 Å². The Balaban J connectivity index is 2.17. The average molecular weight is 312 g/mol. The normalized spacial score (nSPS) is 10.0. The summed E-state index contributed by atoms with van der Waals surface area (Å²) in [7, 11) is 0. The second kappa shape index (κ2) is 5.29. The number of hydrogen-bond donors (Lipinski definition) is 1. The molecule has 17 heavy (non-hydrogen) atoms. The third-order valence-electron chi connectivity index (χ3n) is 2.12. The Bertz CT molecular complexity index is 542. The monoisotopic (exact) mass is 310 g/mol. The predicted octanol–water partition coefficient (Wildman–Crippen LogP) is 3.75. The van der Waals surface area contributed by atoms with E-state index in [1.165, 1.54) is 6.20 Å². The Kier molecular flexibility index (Phi) is 3.76. The fraction of sp³-hybridized carbons (Fsp3) is 0. The van der Waals surface area contributed by atoms with Gasteiger partial charge in [0.2, 0.25) is 0 Å². The standard InChI is InChI=1S/C12H8BrClN2O/c13-9-3-1-8(2-4-9)12(17)16-11-7-15-6-5-10(11)14/h1-7H,(H,16,17). The SMILES string of the molecule is O=C(Nc1cnccc1Cl)c1ccc(Br)cc1. The van der Waals surface area contributed by atoms with Crippen molar-refractivity contribution < 1.29 is 4.79 Å². The highest BCUT2D eigenvalue weighted by Gasteiger charge is 2.07. The van der Waals surface area contributed by atoms with Crippen LogP contribution in [0.2, 0.25) is 5.02 Å². The number of halogens is 2. The van der Waals surface area contributed by atoms with Crippen LogP contribution >= 0.6 is 27.5 Å². The lowest BCUT2D eigenvalue weighted by atomic mass is 10.2. The summed E-state index contributed by atoms with van der Waals surface area (Å²) in [6.45, 7) is 0. The smallest absolute Gasteiger partial charge is 0.255 e. The van der Waals surface area contributed by atoms with Crippen LogP contribution in [0.4, 0.5) is 5.69 Å². The maximum atomic E-state index is 11.9. The van der Waals surface area contributed by atoms with Gasteiger partial charge in [-0.1, -0.05) is 27.5 Å². The van der Waals surface area contributed by atoms with Crippen LogP contribution in [0, 0.1) is 0 Å². The summed E-state index contributed by atoms with van der Waals surface area (Å²) in [4.78, 5) is 15.8. The van der Waals surface area contributed by atoms with Crippen molar-refractivity contribution in [1.29, 1.82) is 0 Å². The molecule has 0 bridgehead atoms. The van der Waals surface area contributed by atoms with E-state index < -0.39 is 0 Å². The molecule has 1 aromatic heterocycles. The van der Waals surface area contributed by atoms with E-state index in [2.05, 4.69) is 26.2 Å². The summed E-state index contributed by atoms with van der Waals surface area (Å²) in [6.07, 6.45) is 3.08. The third kappa shape index (κ3) is 3.05. The Hall–Kier alpha value is -1.39. The van der Waals surface area contributed by atoms with Gasteiger partial charge in [-0.2, -0.15) is 0 Å². The summed E-state index contributed by atoms with van der Waals surface area (Å²) < 4.78 is 0.925. The van der Waals surface area contributed by atoms with Crippen molar-refractivity contribution in [1.82, 2.24) is 4.98 Å². The number of carbonyl (C=O) groups excluding carboxylic acids is 1. The van der Waals surface area contributed by atoms with Gasteiger partial charge in [0.15, 0.2) is 0 Å². The Labute approximate surface area is 112 Å². The molecule has 0 spiro atoms. The number of amides is 1. The van der Waals surface area contributed by atoms with Crippen molar-refractivity contribution in [3.63, 3.8) is 0 Å². The summed E-state index contributed by atoms with van der Waals surface area (Å²) in [6, 6.07) is 8.69. The van der Waals surface area contributed by atoms with E-state index in [1.807, 2.05) is 0 Å². The van der Waals surface area contributed by atoms with Crippen molar-refractivity contribution in [3.8, 4) is 0 Å². The van der Waals surface area contributed by atoms with Gasteiger partial charge < -0.3 is 5.32 Å². The number of pyridine rings is 1. The van der Waals surface area contributed by atoms with Crippen LogP contribution in [-0.4, -0.2) is 10.9 Å². The number of rotatable bonds is 2. The van der Waals surface area contributed by atoms with E-state index in [4.69, 9.17) is 11.6 Å². The van der Waals surface area contributed by atoms with Gasteiger partial charge in [-0.15, -0.1) is 0 Å². The molecule has 2 aromatic rings. The number of anilines is 1. The molecular formula is C12H8BrClN2O. The molecule has 2 rings (SSSR count). The molecule has 1 aromatic carbocycles. The topological polar surface area (TPSA) is 42.0 Å². The molecule has 0 aliphatic heterocycles. The first kappa shape index (κ1) is 12.1. The number of nitrogens with zero attached hydrogens (tertiary/aromatic N) is 1. The summed E-state index contributed by atoms with van der Waals surface area (Å²) >= 11 is 9.23. The van der Waals surface area contributed by atoms with Crippen LogP contribution in [0.25, 0.3) is 0 Å². The number of nitrogens with one attached hydrogen (secondary N) is 1. The van der Waals surface area contributed by atoms with Gasteiger partial charge >= 0.3 is 0 Å². The molecule has 1 heterocycles. The maximum absolute atomic E-state index is 11.9. The average Bonchev–Trinajstić information content (AvgIpc) is 2.33. The Morgan fingerprint density at radius 2 is 1.94 bits per heavy atom. The van der Waals surface area contributed by atoms with Gasteiger partial charge in [0.1, 0.15) is 0 Å². The molecule has 5 heteroatoms. The highest BCUT2D eigenvalue weighted by molar-refractivity contribution is 9.10. The van der Waals surface area contributed by atoms with E-state index in [0.717, 1.165) is 4.47 Å². The van der Waals surface area contributed by atoms with E-state index >= 15 is 0 Å². The van der Waals surface area contributed by atoms with Crippen LogP contribution in [0.15, 0.2) is 47.2 Å². The van der Waals surface area contributed by atoms with Gasteiger partial charge in [-0.3, -0.25) is 9.78 Å². The number of hydrogen-bond acceptors (Lipinski definition) is 2.